The highest BCUT2D eigenvalue weighted by atomic mass is 32.2. The fourth-order valence-electron chi connectivity index (χ4n) is 6.11. The van der Waals surface area contributed by atoms with Gasteiger partial charge in [-0.2, -0.15) is 0 Å². The molecular weight excluding hydrogens is 264 g/mol. The van der Waals surface area contributed by atoms with Crippen molar-refractivity contribution in [3.8, 4) is 0 Å². The van der Waals surface area contributed by atoms with Gasteiger partial charge in [0, 0.05) is 6.42 Å². The van der Waals surface area contributed by atoms with Gasteiger partial charge in [0.15, 0.2) is 11.5 Å². The van der Waals surface area contributed by atoms with E-state index >= 15 is 0 Å². The number of rotatable bonds is 4. The van der Waals surface area contributed by atoms with Crippen LogP contribution in [0.1, 0.15) is 58.3 Å². The zero-order valence-corrected chi connectivity index (χ0v) is 13.7. The average Bonchev–Trinajstić information content (AvgIpc) is 2.88. The molecule has 5 aliphatic rings. The van der Waals surface area contributed by atoms with E-state index in [4.69, 9.17) is 0 Å². The van der Waals surface area contributed by atoms with Crippen molar-refractivity contribution >= 4 is 16.7 Å². The van der Waals surface area contributed by atoms with Crippen molar-refractivity contribution < 1.29 is 4.79 Å². The number of carbonyl (C=O) groups is 1. The van der Waals surface area contributed by atoms with E-state index in [0.717, 1.165) is 35.8 Å². The van der Waals surface area contributed by atoms with Gasteiger partial charge in [-0.3, -0.25) is 4.79 Å². The van der Waals surface area contributed by atoms with E-state index in [1.165, 1.54) is 56.5 Å². The van der Waals surface area contributed by atoms with Crippen LogP contribution >= 0.6 is 0 Å². The van der Waals surface area contributed by atoms with E-state index in [-0.39, 0.29) is 0 Å². The summed E-state index contributed by atoms with van der Waals surface area (Å²) in [6.07, 6.45) is 11.0. The SMILES string of the molecule is CC1(CC(=O)C[S+]2CCCC2)C2CC3CC(C2)CC1C3. The summed E-state index contributed by atoms with van der Waals surface area (Å²) in [6, 6.07) is 0. The second-order valence-corrected chi connectivity index (χ2v) is 10.7. The topological polar surface area (TPSA) is 17.1 Å². The van der Waals surface area contributed by atoms with Crippen LogP contribution in [-0.2, 0) is 15.7 Å². The van der Waals surface area contributed by atoms with Gasteiger partial charge in [-0.25, -0.2) is 0 Å². The second kappa shape index (κ2) is 5.04. The van der Waals surface area contributed by atoms with Gasteiger partial charge in [0.1, 0.15) is 11.5 Å². The highest BCUT2D eigenvalue weighted by Crippen LogP contribution is 2.63. The van der Waals surface area contributed by atoms with Gasteiger partial charge in [0.25, 0.3) is 0 Å². The molecule has 0 spiro atoms. The van der Waals surface area contributed by atoms with Crippen LogP contribution in [0.25, 0.3) is 0 Å². The van der Waals surface area contributed by atoms with Gasteiger partial charge in [-0.05, 0) is 84.9 Å². The van der Waals surface area contributed by atoms with Crippen molar-refractivity contribution in [2.75, 3.05) is 17.3 Å². The Kier molecular flexibility index (Phi) is 3.44. The van der Waals surface area contributed by atoms with E-state index in [9.17, 15) is 4.79 Å². The molecule has 0 aromatic carbocycles. The van der Waals surface area contributed by atoms with Crippen LogP contribution in [0, 0.1) is 29.1 Å². The minimum atomic E-state index is 0.383. The molecule has 0 aromatic heterocycles. The Bertz CT molecular complexity index is 368. The fraction of sp³-hybridized carbons (Fsp3) is 0.944. The van der Waals surface area contributed by atoms with Crippen molar-refractivity contribution in [2.24, 2.45) is 29.1 Å². The quantitative estimate of drug-likeness (QED) is 0.720. The number of ketones is 1. The normalized spacial score (nSPS) is 47.0. The second-order valence-electron chi connectivity index (χ2n) is 8.40. The number of hydrogen-bond acceptors (Lipinski definition) is 1. The summed E-state index contributed by atoms with van der Waals surface area (Å²) in [5, 5.41) is 0. The summed E-state index contributed by atoms with van der Waals surface area (Å²) in [5.74, 6) is 8.06. The molecule has 112 valence electrons. The summed E-state index contributed by atoms with van der Waals surface area (Å²) in [5.41, 5.74) is 0.383. The predicted octanol–water partition coefficient (Wildman–Crippen LogP) is 3.82. The molecule has 1 heterocycles. The lowest BCUT2D eigenvalue weighted by molar-refractivity contribution is -0.133. The zero-order valence-electron chi connectivity index (χ0n) is 12.9. The number of hydrogen-bond donors (Lipinski definition) is 0. The van der Waals surface area contributed by atoms with Crippen molar-refractivity contribution in [1.29, 1.82) is 0 Å². The Balaban J connectivity index is 1.43. The van der Waals surface area contributed by atoms with Gasteiger partial charge < -0.3 is 0 Å². The highest BCUT2D eigenvalue weighted by Gasteiger charge is 2.55. The first-order chi connectivity index (χ1) is 9.63. The molecule has 5 rings (SSSR count). The number of carbonyl (C=O) groups excluding carboxylic acids is 1. The smallest absolute Gasteiger partial charge is 0.182 e. The Hall–Kier alpha value is 0.0200. The largest absolute Gasteiger partial charge is 0.294 e. The Morgan fingerprint density at radius 3 is 2.10 bits per heavy atom. The molecular formula is C18H29OS+. The summed E-state index contributed by atoms with van der Waals surface area (Å²) in [6.45, 7) is 2.48. The Morgan fingerprint density at radius 2 is 1.55 bits per heavy atom. The van der Waals surface area contributed by atoms with Crippen LogP contribution in [0.5, 0.6) is 0 Å². The third-order valence-electron chi connectivity index (χ3n) is 7.06. The van der Waals surface area contributed by atoms with E-state index in [2.05, 4.69) is 6.92 Å². The molecule has 2 heteroatoms. The van der Waals surface area contributed by atoms with Gasteiger partial charge in [0.05, 0.1) is 0 Å². The van der Waals surface area contributed by atoms with Gasteiger partial charge in [-0.1, -0.05) is 6.92 Å². The maximum Gasteiger partial charge on any atom is 0.182 e. The van der Waals surface area contributed by atoms with Crippen molar-refractivity contribution in [3.63, 3.8) is 0 Å². The molecule has 0 amide bonds. The summed E-state index contributed by atoms with van der Waals surface area (Å²) in [4.78, 5) is 12.6. The molecule has 0 atom stereocenters. The van der Waals surface area contributed by atoms with E-state index in [0.29, 0.717) is 22.1 Å². The zero-order chi connectivity index (χ0) is 13.7. The first kappa shape index (κ1) is 13.7. The van der Waals surface area contributed by atoms with Crippen molar-refractivity contribution in [3.05, 3.63) is 0 Å². The van der Waals surface area contributed by atoms with Gasteiger partial charge in [-0.15, -0.1) is 0 Å². The minimum absolute atomic E-state index is 0.383. The maximum atomic E-state index is 12.6. The molecule has 20 heavy (non-hydrogen) atoms. The standard InChI is InChI=1S/C18H29OS/c1-18(11-17(19)12-20-4-2-3-5-20)15-7-13-6-14(9-15)10-16(18)8-13/h13-16H,2-12H2,1H3/q+1. The monoisotopic (exact) mass is 293 g/mol. The molecule has 4 bridgehead atoms. The van der Waals surface area contributed by atoms with Crippen LogP contribution in [0.3, 0.4) is 0 Å². The van der Waals surface area contributed by atoms with Crippen molar-refractivity contribution in [1.82, 2.24) is 0 Å². The third kappa shape index (κ3) is 2.26. The average molecular weight is 293 g/mol. The fourth-order valence-corrected chi connectivity index (χ4v) is 8.39. The highest BCUT2D eigenvalue weighted by molar-refractivity contribution is 7.97. The molecule has 0 N–H and O–H groups in total. The van der Waals surface area contributed by atoms with Crippen LogP contribution < -0.4 is 0 Å². The molecule has 0 aromatic rings. The lowest BCUT2D eigenvalue weighted by Crippen LogP contribution is -2.52. The van der Waals surface area contributed by atoms with E-state index < -0.39 is 0 Å². The summed E-state index contributed by atoms with van der Waals surface area (Å²) in [7, 11) is 0.466. The first-order valence-corrected chi connectivity index (χ1v) is 10.5. The third-order valence-corrected chi connectivity index (χ3v) is 9.52. The molecule has 1 saturated heterocycles. The van der Waals surface area contributed by atoms with Gasteiger partial charge >= 0.3 is 0 Å². The molecule has 1 aliphatic heterocycles. The lowest BCUT2D eigenvalue weighted by atomic mass is 9.45. The van der Waals surface area contributed by atoms with Crippen LogP contribution in [0.4, 0.5) is 0 Å². The van der Waals surface area contributed by atoms with Gasteiger partial charge in [0.2, 0.25) is 0 Å². The Morgan fingerprint density at radius 1 is 1.00 bits per heavy atom. The molecule has 4 aliphatic carbocycles. The van der Waals surface area contributed by atoms with Crippen molar-refractivity contribution in [2.45, 2.75) is 58.3 Å². The summed E-state index contributed by atoms with van der Waals surface area (Å²) < 4.78 is 0. The molecule has 0 radical (unpaired) electrons. The molecule has 4 saturated carbocycles. The van der Waals surface area contributed by atoms with E-state index in [1.807, 2.05) is 0 Å². The van der Waals surface area contributed by atoms with E-state index in [1.54, 1.807) is 0 Å². The first-order valence-electron chi connectivity index (χ1n) is 8.79. The summed E-state index contributed by atoms with van der Waals surface area (Å²) >= 11 is 0. The van der Waals surface area contributed by atoms with Crippen LogP contribution in [0.15, 0.2) is 0 Å². The molecule has 5 fully saturated rings. The van der Waals surface area contributed by atoms with Crippen LogP contribution in [0.2, 0.25) is 0 Å². The number of Topliss-reactive ketones (excluding diaryl/α,β-unsaturated/α-hetero) is 1. The molecule has 1 nitrogen and oxygen atoms in total. The Labute approximate surface area is 126 Å². The lowest BCUT2D eigenvalue weighted by Gasteiger charge is -2.60. The predicted molar refractivity (Wildman–Crippen MR) is 86.0 cm³/mol. The minimum Gasteiger partial charge on any atom is -0.294 e. The maximum absolute atomic E-state index is 12.6. The van der Waals surface area contributed by atoms with Crippen LogP contribution in [-0.4, -0.2) is 23.0 Å². The molecule has 0 unspecified atom stereocenters.